The number of hydrogen-bond acceptors (Lipinski definition) is 1. The van der Waals surface area contributed by atoms with Crippen molar-refractivity contribution in [3.63, 3.8) is 0 Å². The smallest absolute Gasteiger partial charge is 0.150 e. The number of H-pyrrole nitrogens is 1. The normalized spacial score (nSPS) is 11.2. The molecule has 0 fully saturated rings. The molecule has 100 valence electrons. The van der Waals surface area contributed by atoms with Crippen molar-refractivity contribution in [3.05, 3.63) is 59.8 Å². The summed E-state index contributed by atoms with van der Waals surface area (Å²) in [6, 6.07) is 14.3. The molecule has 0 aliphatic carbocycles. The van der Waals surface area contributed by atoms with Gasteiger partial charge in [-0.3, -0.25) is 4.79 Å². The summed E-state index contributed by atoms with van der Waals surface area (Å²) in [6.07, 6.45) is 2.87. The first kappa shape index (κ1) is 12.7. The first-order chi connectivity index (χ1) is 9.70. The molecule has 20 heavy (non-hydrogen) atoms. The fourth-order valence-electron chi connectivity index (χ4n) is 2.70. The lowest BCUT2D eigenvalue weighted by Gasteiger charge is -2.14. The molecule has 1 heterocycles. The first-order valence-electron chi connectivity index (χ1n) is 6.86. The van der Waals surface area contributed by atoms with Crippen LogP contribution in [0.1, 0.15) is 35.7 Å². The summed E-state index contributed by atoms with van der Waals surface area (Å²) in [6.45, 7) is 4.31. The molecule has 3 rings (SSSR count). The van der Waals surface area contributed by atoms with Crippen LogP contribution in [0.5, 0.6) is 0 Å². The Bertz CT molecular complexity index is 768. The number of aldehydes is 1. The van der Waals surface area contributed by atoms with E-state index in [9.17, 15) is 4.79 Å². The molecule has 2 heteroatoms. The van der Waals surface area contributed by atoms with Gasteiger partial charge < -0.3 is 4.98 Å². The zero-order valence-corrected chi connectivity index (χ0v) is 11.7. The van der Waals surface area contributed by atoms with E-state index in [2.05, 4.69) is 49.2 Å². The van der Waals surface area contributed by atoms with Crippen molar-refractivity contribution in [3.8, 4) is 11.1 Å². The Kier molecular flexibility index (Phi) is 3.15. The molecule has 0 atom stereocenters. The van der Waals surface area contributed by atoms with Crippen LogP contribution in [0.3, 0.4) is 0 Å². The van der Waals surface area contributed by atoms with E-state index < -0.39 is 0 Å². The summed E-state index contributed by atoms with van der Waals surface area (Å²) in [5, 5.41) is 1.22. The van der Waals surface area contributed by atoms with E-state index in [-0.39, 0.29) is 0 Å². The molecule has 2 nitrogen and oxygen atoms in total. The SMILES string of the molecule is CC(C)c1cc(C=O)ccc1-c1cccc2[nH]ccc12. The molecule has 0 bridgehead atoms. The van der Waals surface area contributed by atoms with Gasteiger partial charge >= 0.3 is 0 Å². The average molecular weight is 263 g/mol. The Balaban J connectivity index is 2.28. The second kappa shape index (κ2) is 4.97. The highest BCUT2D eigenvalue weighted by molar-refractivity contribution is 5.96. The number of aromatic amines is 1. The highest BCUT2D eigenvalue weighted by atomic mass is 16.1. The first-order valence-corrected chi connectivity index (χ1v) is 6.86. The predicted molar refractivity (Wildman–Crippen MR) is 83.2 cm³/mol. The van der Waals surface area contributed by atoms with E-state index >= 15 is 0 Å². The number of carbonyl (C=O) groups excluding carboxylic acids is 1. The van der Waals surface area contributed by atoms with Gasteiger partial charge in [0.25, 0.3) is 0 Å². The van der Waals surface area contributed by atoms with Gasteiger partial charge in [0.05, 0.1) is 0 Å². The van der Waals surface area contributed by atoms with Crippen LogP contribution in [0.2, 0.25) is 0 Å². The molecule has 0 amide bonds. The monoisotopic (exact) mass is 263 g/mol. The van der Waals surface area contributed by atoms with Gasteiger partial charge in [-0.15, -0.1) is 0 Å². The summed E-state index contributed by atoms with van der Waals surface area (Å²) in [5.41, 5.74) is 5.50. The Morgan fingerprint density at radius 2 is 1.90 bits per heavy atom. The molecular formula is C18H17NO. The van der Waals surface area contributed by atoms with E-state index in [1.165, 1.54) is 22.1 Å². The van der Waals surface area contributed by atoms with Gasteiger partial charge in [0.15, 0.2) is 0 Å². The van der Waals surface area contributed by atoms with E-state index in [0.29, 0.717) is 5.92 Å². The third kappa shape index (κ3) is 2.03. The van der Waals surface area contributed by atoms with Gasteiger partial charge in [0.2, 0.25) is 0 Å². The standard InChI is InChI=1S/C18H17NO/c1-12(2)17-10-13(11-20)6-7-15(17)14-4-3-5-18-16(14)8-9-19-18/h3-12,19H,1-2H3. The van der Waals surface area contributed by atoms with E-state index in [1.807, 2.05) is 18.3 Å². The molecule has 3 aromatic rings. The van der Waals surface area contributed by atoms with Crippen molar-refractivity contribution in [1.29, 1.82) is 0 Å². The molecule has 0 radical (unpaired) electrons. The number of benzene rings is 2. The molecular weight excluding hydrogens is 246 g/mol. The Morgan fingerprint density at radius 3 is 2.65 bits per heavy atom. The van der Waals surface area contributed by atoms with Crippen LogP contribution in [0.15, 0.2) is 48.7 Å². The third-order valence-electron chi connectivity index (χ3n) is 3.72. The number of fused-ring (bicyclic) bond motifs is 1. The highest BCUT2D eigenvalue weighted by Crippen LogP contribution is 2.34. The average Bonchev–Trinajstić information content (AvgIpc) is 2.95. The topological polar surface area (TPSA) is 32.9 Å². The zero-order chi connectivity index (χ0) is 14.1. The Morgan fingerprint density at radius 1 is 1.05 bits per heavy atom. The molecule has 0 aliphatic rings. The quantitative estimate of drug-likeness (QED) is 0.678. The van der Waals surface area contributed by atoms with Crippen LogP contribution in [-0.4, -0.2) is 11.3 Å². The lowest BCUT2D eigenvalue weighted by molar-refractivity contribution is 0.112. The Labute approximate surface area is 118 Å². The van der Waals surface area contributed by atoms with Crippen LogP contribution in [0.4, 0.5) is 0 Å². The summed E-state index contributed by atoms with van der Waals surface area (Å²) in [5.74, 6) is 0.374. The number of nitrogens with one attached hydrogen (secondary N) is 1. The minimum absolute atomic E-state index is 0.374. The number of carbonyl (C=O) groups is 1. The second-order valence-corrected chi connectivity index (χ2v) is 5.36. The van der Waals surface area contributed by atoms with Crippen LogP contribution in [-0.2, 0) is 0 Å². The van der Waals surface area contributed by atoms with Crippen molar-refractivity contribution >= 4 is 17.2 Å². The van der Waals surface area contributed by atoms with Crippen LogP contribution in [0, 0.1) is 0 Å². The molecule has 2 aromatic carbocycles. The van der Waals surface area contributed by atoms with E-state index in [4.69, 9.17) is 0 Å². The van der Waals surface area contributed by atoms with Crippen LogP contribution in [0.25, 0.3) is 22.0 Å². The maximum atomic E-state index is 11.0. The summed E-state index contributed by atoms with van der Waals surface area (Å²) in [7, 11) is 0. The fraction of sp³-hybridized carbons (Fsp3) is 0.167. The van der Waals surface area contributed by atoms with Gasteiger partial charge in [-0.05, 0) is 40.8 Å². The highest BCUT2D eigenvalue weighted by Gasteiger charge is 2.12. The predicted octanol–water partition coefficient (Wildman–Crippen LogP) is 4.77. The number of aromatic nitrogens is 1. The molecule has 1 aromatic heterocycles. The van der Waals surface area contributed by atoms with Gasteiger partial charge in [0.1, 0.15) is 6.29 Å². The van der Waals surface area contributed by atoms with E-state index in [1.54, 1.807) is 0 Å². The van der Waals surface area contributed by atoms with Gasteiger partial charge in [-0.25, -0.2) is 0 Å². The van der Waals surface area contributed by atoms with Crippen LogP contribution >= 0.6 is 0 Å². The third-order valence-corrected chi connectivity index (χ3v) is 3.72. The maximum Gasteiger partial charge on any atom is 0.150 e. The molecule has 1 N–H and O–H groups in total. The minimum atomic E-state index is 0.374. The second-order valence-electron chi connectivity index (χ2n) is 5.36. The molecule has 0 saturated carbocycles. The molecule has 0 spiro atoms. The Hall–Kier alpha value is -2.35. The number of rotatable bonds is 3. The van der Waals surface area contributed by atoms with Gasteiger partial charge in [-0.1, -0.05) is 38.1 Å². The molecule has 0 unspecified atom stereocenters. The van der Waals surface area contributed by atoms with Gasteiger partial charge in [0, 0.05) is 22.7 Å². The van der Waals surface area contributed by atoms with Crippen LogP contribution < -0.4 is 0 Å². The largest absolute Gasteiger partial charge is 0.361 e. The van der Waals surface area contributed by atoms with Crippen molar-refractivity contribution < 1.29 is 4.79 Å². The number of hydrogen-bond donors (Lipinski definition) is 1. The summed E-state index contributed by atoms with van der Waals surface area (Å²) < 4.78 is 0. The zero-order valence-electron chi connectivity index (χ0n) is 11.7. The van der Waals surface area contributed by atoms with Crippen molar-refractivity contribution in [2.45, 2.75) is 19.8 Å². The van der Waals surface area contributed by atoms with E-state index in [0.717, 1.165) is 17.4 Å². The lowest BCUT2D eigenvalue weighted by atomic mass is 9.90. The summed E-state index contributed by atoms with van der Waals surface area (Å²) >= 11 is 0. The van der Waals surface area contributed by atoms with Crippen molar-refractivity contribution in [2.75, 3.05) is 0 Å². The van der Waals surface area contributed by atoms with Gasteiger partial charge in [-0.2, -0.15) is 0 Å². The van der Waals surface area contributed by atoms with Crippen molar-refractivity contribution in [1.82, 2.24) is 4.98 Å². The lowest BCUT2D eigenvalue weighted by Crippen LogP contribution is -1.95. The minimum Gasteiger partial charge on any atom is -0.361 e. The summed E-state index contributed by atoms with van der Waals surface area (Å²) in [4.78, 5) is 14.2. The molecule has 0 aliphatic heterocycles. The maximum absolute atomic E-state index is 11.0. The van der Waals surface area contributed by atoms with Crippen molar-refractivity contribution in [2.24, 2.45) is 0 Å². The molecule has 0 saturated heterocycles. The fourth-order valence-corrected chi connectivity index (χ4v) is 2.70.